The largest absolute Gasteiger partial charge is 0.360 e. The van der Waals surface area contributed by atoms with Gasteiger partial charge in [-0.3, -0.25) is 4.79 Å². The summed E-state index contributed by atoms with van der Waals surface area (Å²) in [6, 6.07) is 9.21. The van der Waals surface area contributed by atoms with Gasteiger partial charge in [0.2, 0.25) is 0 Å². The van der Waals surface area contributed by atoms with E-state index in [2.05, 4.69) is 32.2 Å². The molecule has 2 aromatic carbocycles. The standard InChI is InChI=1S/C25H26Cl2N6O/c1-3-16-6-4-5-9-33(16)25(34)17-12-21-18(11-19(17)27)24(29-13-28-21)30-14(2)23-31-20-8-7-15(26)10-22(20)32-23/h7-8,10-14,16H,3-6,9H2,1-2H3,(H,31,32)(H,28,29,30). The van der Waals surface area contributed by atoms with Gasteiger partial charge in [0.05, 0.1) is 33.2 Å². The number of aromatic amines is 1. The number of benzene rings is 2. The molecule has 5 rings (SSSR count). The maximum atomic E-state index is 13.4. The number of imidazole rings is 1. The Labute approximate surface area is 207 Å². The lowest BCUT2D eigenvalue weighted by Crippen LogP contribution is -2.43. The number of hydrogen-bond acceptors (Lipinski definition) is 5. The van der Waals surface area contributed by atoms with Crippen molar-refractivity contribution in [1.82, 2.24) is 24.8 Å². The molecule has 3 heterocycles. The molecular weight excluding hydrogens is 471 g/mol. The third kappa shape index (κ3) is 4.30. The van der Waals surface area contributed by atoms with E-state index in [-0.39, 0.29) is 18.0 Å². The minimum atomic E-state index is -0.164. The monoisotopic (exact) mass is 496 g/mol. The summed E-state index contributed by atoms with van der Waals surface area (Å²) in [5.74, 6) is 1.36. The van der Waals surface area contributed by atoms with E-state index in [9.17, 15) is 4.79 Å². The van der Waals surface area contributed by atoms with Crippen LogP contribution in [0.5, 0.6) is 0 Å². The minimum absolute atomic E-state index is 0.0270. The highest BCUT2D eigenvalue weighted by atomic mass is 35.5. The van der Waals surface area contributed by atoms with Crippen LogP contribution in [0.2, 0.25) is 10.0 Å². The van der Waals surface area contributed by atoms with E-state index in [1.54, 1.807) is 12.1 Å². The second-order valence-corrected chi connectivity index (χ2v) is 9.62. The topological polar surface area (TPSA) is 86.8 Å². The molecule has 2 atom stereocenters. The minimum Gasteiger partial charge on any atom is -0.360 e. The van der Waals surface area contributed by atoms with Crippen molar-refractivity contribution >= 4 is 56.9 Å². The van der Waals surface area contributed by atoms with Gasteiger partial charge in [-0.1, -0.05) is 30.1 Å². The van der Waals surface area contributed by atoms with Gasteiger partial charge in [0.1, 0.15) is 18.0 Å². The van der Waals surface area contributed by atoms with Crippen molar-refractivity contribution < 1.29 is 4.79 Å². The van der Waals surface area contributed by atoms with E-state index in [1.165, 1.54) is 6.33 Å². The quantitative estimate of drug-likeness (QED) is 0.334. The summed E-state index contributed by atoms with van der Waals surface area (Å²) >= 11 is 12.7. The highest BCUT2D eigenvalue weighted by molar-refractivity contribution is 6.35. The molecule has 4 aromatic rings. The Kier molecular flexibility index (Phi) is 6.32. The average Bonchev–Trinajstić information content (AvgIpc) is 3.27. The molecule has 2 aromatic heterocycles. The van der Waals surface area contributed by atoms with E-state index < -0.39 is 0 Å². The Balaban J connectivity index is 1.44. The number of H-pyrrole nitrogens is 1. The van der Waals surface area contributed by atoms with Crippen LogP contribution in [0.25, 0.3) is 21.9 Å². The van der Waals surface area contributed by atoms with Crippen LogP contribution in [-0.4, -0.2) is 43.3 Å². The van der Waals surface area contributed by atoms with Crippen molar-refractivity contribution in [3.8, 4) is 0 Å². The smallest absolute Gasteiger partial charge is 0.255 e. The molecule has 176 valence electrons. The number of hydrogen-bond donors (Lipinski definition) is 2. The molecule has 1 amide bonds. The third-order valence-electron chi connectivity index (χ3n) is 6.54. The van der Waals surface area contributed by atoms with Crippen LogP contribution in [0.1, 0.15) is 61.8 Å². The van der Waals surface area contributed by atoms with Gasteiger partial charge in [-0.05, 0) is 62.9 Å². The van der Waals surface area contributed by atoms with Crippen molar-refractivity contribution in [1.29, 1.82) is 0 Å². The van der Waals surface area contributed by atoms with Crippen molar-refractivity contribution in [2.24, 2.45) is 0 Å². The number of nitrogens with zero attached hydrogens (tertiary/aromatic N) is 4. The van der Waals surface area contributed by atoms with Crippen LogP contribution in [-0.2, 0) is 0 Å². The number of aromatic nitrogens is 4. The summed E-state index contributed by atoms with van der Waals surface area (Å²) in [5.41, 5.74) is 2.87. The summed E-state index contributed by atoms with van der Waals surface area (Å²) < 4.78 is 0. The predicted octanol–water partition coefficient (Wildman–Crippen LogP) is 6.39. The van der Waals surface area contributed by atoms with Crippen molar-refractivity contribution in [2.75, 3.05) is 11.9 Å². The SMILES string of the molecule is CCC1CCCCN1C(=O)c1cc2ncnc(NC(C)c3nc4ccc(Cl)cc4[nH]3)c2cc1Cl. The van der Waals surface area contributed by atoms with Gasteiger partial charge in [-0.2, -0.15) is 0 Å². The second kappa shape index (κ2) is 9.39. The van der Waals surface area contributed by atoms with Crippen molar-refractivity contribution in [2.45, 2.75) is 51.6 Å². The van der Waals surface area contributed by atoms with Gasteiger partial charge < -0.3 is 15.2 Å². The number of piperidine rings is 1. The molecule has 9 heteroatoms. The number of halogens is 2. The van der Waals surface area contributed by atoms with Crippen molar-refractivity contribution in [3.05, 3.63) is 58.1 Å². The van der Waals surface area contributed by atoms with Crippen LogP contribution in [0.15, 0.2) is 36.7 Å². The molecule has 1 saturated heterocycles. The Morgan fingerprint density at radius 3 is 2.88 bits per heavy atom. The first kappa shape index (κ1) is 22.9. The zero-order valence-electron chi connectivity index (χ0n) is 19.1. The van der Waals surface area contributed by atoms with Crippen LogP contribution < -0.4 is 5.32 Å². The van der Waals surface area contributed by atoms with Gasteiger partial charge in [0, 0.05) is 23.0 Å². The summed E-state index contributed by atoms with van der Waals surface area (Å²) in [6.45, 7) is 4.89. The van der Waals surface area contributed by atoms with Crippen LogP contribution in [0.3, 0.4) is 0 Å². The lowest BCUT2D eigenvalue weighted by atomic mass is 9.98. The van der Waals surface area contributed by atoms with Crippen molar-refractivity contribution in [3.63, 3.8) is 0 Å². The molecule has 0 saturated carbocycles. The number of rotatable bonds is 5. The molecule has 1 aliphatic heterocycles. The van der Waals surface area contributed by atoms with Gasteiger partial charge in [0.15, 0.2) is 0 Å². The number of amides is 1. The first-order chi connectivity index (χ1) is 16.4. The molecule has 0 aliphatic carbocycles. The molecule has 0 radical (unpaired) electrons. The molecule has 0 spiro atoms. The molecule has 2 unspecified atom stereocenters. The van der Waals surface area contributed by atoms with E-state index in [1.807, 2.05) is 30.0 Å². The van der Waals surface area contributed by atoms with Gasteiger partial charge in [-0.25, -0.2) is 15.0 Å². The van der Waals surface area contributed by atoms with E-state index in [0.29, 0.717) is 26.9 Å². The lowest BCUT2D eigenvalue weighted by Gasteiger charge is -2.35. The fraction of sp³-hybridized carbons (Fsp3) is 0.360. The van der Waals surface area contributed by atoms with Crippen LogP contribution in [0, 0.1) is 0 Å². The molecule has 1 aliphatic rings. The summed E-state index contributed by atoms with van der Waals surface area (Å²) in [6.07, 6.45) is 5.66. The van der Waals surface area contributed by atoms with Crippen LogP contribution >= 0.6 is 23.2 Å². The number of likely N-dealkylation sites (tertiary alicyclic amines) is 1. The average molecular weight is 497 g/mol. The Hall–Kier alpha value is -2.90. The lowest BCUT2D eigenvalue weighted by molar-refractivity contribution is 0.0608. The number of fused-ring (bicyclic) bond motifs is 2. The summed E-state index contributed by atoms with van der Waals surface area (Å²) in [5, 5.41) is 5.21. The fourth-order valence-electron chi connectivity index (χ4n) is 4.68. The summed E-state index contributed by atoms with van der Waals surface area (Å²) in [7, 11) is 0. The number of carbonyl (C=O) groups is 1. The molecular formula is C25H26Cl2N6O. The highest BCUT2D eigenvalue weighted by Gasteiger charge is 2.28. The van der Waals surface area contributed by atoms with Gasteiger partial charge in [-0.15, -0.1) is 0 Å². The number of nitrogens with one attached hydrogen (secondary N) is 2. The van der Waals surface area contributed by atoms with Crippen LogP contribution in [0.4, 0.5) is 5.82 Å². The highest BCUT2D eigenvalue weighted by Crippen LogP contribution is 2.31. The molecule has 1 fully saturated rings. The third-order valence-corrected chi connectivity index (χ3v) is 7.09. The van der Waals surface area contributed by atoms with E-state index >= 15 is 0 Å². The first-order valence-corrected chi connectivity index (χ1v) is 12.4. The Morgan fingerprint density at radius 2 is 2.06 bits per heavy atom. The molecule has 2 N–H and O–H groups in total. The molecule has 34 heavy (non-hydrogen) atoms. The first-order valence-electron chi connectivity index (χ1n) is 11.6. The van der Waals surface area contributed by atoms with Gasteiger partial charge in [0.25, 0.3) is 5.91 Å². The predicted molar refractivity (Wildman–Crippen MR) is 137 cm³/mol. The number of carbonyl (C=O) groups excluding carboxylic acids is 1. The second-order valence-electron chi connectivity index (χ2n) is 8.78. The Bertz CT molecular complexity index is 1370. The maximum absolute atomic E-state index is 13.4. The van der Waals surface area contributed by atoms with Gasteiger partial charge >= 0.3 is 0 Å². The maximum Gasteiger partial charge on any atom is 0.255 e. The zero-order valence-corrected chi connectivity index (χ0v) is 20.6. The summed E-state index contributed by atoms with van der Waals surface area (Å²) in [4.78, 5) is 32.1. The normalized spacial score (nSPS) is 17.3. The van der Waals surface area contributed by atoms with E-state index in [4.69, 9.17) is 23.2 Å². The Morgan fingerprint density at radius 1 is 1.21 bits per heavy atom. The van der Waals surface area contributed by atoms with E-state index in [0.717, 1.165) is 54.5 Å². The molecule has 0 bridgehead atoms. The molecule has 7 nitrogen and oxygen atoms in total. The fourth-order valence-corrected chi connectivity index (χ4v) is 5.10. The zero-order chi connectivity index (χ0) is 23.8. The number of anilines is 1.